The quantitative estimate of drug-likeness (QED) is 0.376. The molecule has 3 rings (SSSR count). The molecule has 6 nitrogen and oxygen atoms in total. The summed E-state index contributed by atoms with van der Waals surface area (Å²) in [6.45, 7) is 4.34. The number of benzene rings is 3. The standard InChI is InChI=1S/C24H24N2O4/c1-18(2)20-11-13-23(14-12-20)30-17-24(27)25(16-19-7-4-3-5-8-19)21-9-6-10-22(15-21)26(28)29/h3-15,18H,16-17H2,1-2H3. The highest BCUT2D eigenvalue weighted by Crippen LogP contribution is 2.24. The molecule has 0 saturated carbocycles. The van der Waals surface area contributed by atoms with Gasteiger partial charge in [-0.2, -0.15) is 0 Å². The van der Waals surface area contributed by atoms with Crippen LogP contribution < -0.4 is 9.64 Å². The smallest absolute Gasteiger partial charge is 0.271 e. The zero-order valence-corrected chi connectivity index (χ0v) is 17.0. The molecule has 6 heteroatoms. The number of amides is 1. The molecule has 0 bridgehead atoms. The molecule has 0 spiro atoms. The Morgan fingerprint density at radius 2 is 1.70 bits per heavy atom. The fraction of sp³-hybridized carbons (Fsp3) is 0.208. The summed E-state index contributed by atoms with van der Waals surface area (Å²) in [6.07, 6.45) is 0. The van der Waals surface area contributed by atoms with E-state index in [4.69, 9.17) is 4.74 Å². The average Bonchev–Trinajstić information content (AvgIpc) is 2.77. The lowest BCUT2D eigenvalue weighted by atomic mass is 10.0. The van der Waals surface area contributed by atoms with Crippen molar-refractivity contribution in [3.63, 3.8) is 0 Å². The van der Waals surface area contributed by atoms with Crippen LogP contribution in [0, 0.1) is 10.1 Å². The summed E-state index contributed by atoms with van der Waals surface area (Å²) in [5.74, 6) is 0.731. The van der Waals surface area contributed by atoms with Crippen LogP contribution >= 0.6 is 0 Å². The van der Waals surface area contributed by atoms with Crippen molar-refractivity contribution >= 4 is 17.3 Å². The number of hydrogen-bond acceptors (Lipinski definition) is 4. The fourth-order valence-corrected chi connectivity index (χ4v) is 3.04. The van der Waals surface area contributed by atoms with Crippen LogP contribution in [0.5, 0.6) is 5.75 Å². The predicted molar refractivity (Wildman–Crippen MR) is 117 cm³/mol. The third-order valence-electron chi connectivity index (χ3n) is 4.75. The van der Waals surface area contributed by atoms with Crippen molar-refractivity contribution < 1.29 is 14.5 Å². The zero-order valence-electron chi connectivity index (χ0n) is 17.0. The van der Waals surface area contributed by atoms with Crippen molar-refractivity contribution in [1.29, 1.82) is 0 Å². The van der Waals surface area contributed by atoms with Crippen LogP contribution in [0.4, 0.5) is 11.4 Å². The minimum Gasteiger partial charge on any atom is -0.484 e. The minimum atomic E-state index is -0.471. The second-order valence-electron chi connectivity index (χ2n) is 7.25. The van der Waals surface area contributed by atoms with Gasteiger partial charge in [0.2, 0.25) is 0 Å². The number of non-ortho nitro benzene ring substituents is 1. The van der Waals surface area contributed by atoms with E-state index in [0.717, 1.165) is 5.56 Å². The molecule has 3 aromatic rings. The number of hydrogen-bond donors (Lipinski definition) is 0. The second kappa shape index (κ2) is 9.69. The first-order chi connectivity index (χ1) is 14.4. The van der Waals surface area contributed by atoms with Gasteiger partial charge in [-0.05, 0) is 35.2 Å². The number of anilines is 1. The van der Waals surface area contributed by atoms with Crippen LogP contribution in [-0.2, 0) is 11.3 Å². The third kappa shape index (κ3) is 5.44. The Bertz CT molecular complexity index is 1000. The first kappa shape index (κ1) is 21.0. The lowest BCUT2D eigenvalue weighted by Gasteiger charge is -2.23. The van der Waals surface area contributed by atoms with Gasteiger partial charge in [0.1, 0.15) is 5.75 Å². The summed E-state index contributed by atoms with van der Waals surface area (Å²) in [4.78, 5) is 25.2. The zero-order chi connectivity index (χ0) is 21.5. The van der Waals surface area contributed by atoms with Crippen LogP contribution in [0.15, 0.2) is 78.9 Å². The van der Waals surface area contributed by atoms with Crippen molar-refractivity contribution in [2.24, 2.45) is 0 Å². The van der Waals surface area contributed by atoms with Gasteiger partial charge >= 0.3 is 0 Å². The number of ether oxygens (including phenoxy) is 1. The Balaban J connectivity index is 1.79. The molecule has 154 valence electrons. The third-order valence-corrected chi connectivity index (χ3v) is 4.75. The number of nitro groups is 1. The van der Waals surface area contributed by atoms with E-state index in [9.17, 15) is 14.9 Å². The SMILES string of the molecule is CC(C)c1ccc(OCC(=O)N(Cc2ccccc2)c2cccc([N+](=O)[O-])c2)cc1. The topological polar surface area (TPSA) is 72.7 Å². The molecule has 3 aromatic carbocycles. The number of nitrogens with zero attached hydrogens (tertiary/aromatic N) is 2. The van der Waals surface area contributed by atoms with Crippen LogP contribution in [-0.4, -0.2) is 17.4 Å². The van der Waals surface area contributed by atoms with E-state index < -0.39 is 4.92 Å². The second-order valence-corrected chi connectivity index (χ2v) is 7.25. The molecule has 0 atom stereocenters. The Hall–Kier alpha value is -3.67. The van der Waals surface area contributed by atoms with Crippen molar-refractivity contribution in [2.45, 2.75) is 26.3 Å². The first-order valence-corrected chi connectivity index (χ1v) is 9.75. The van der Waals surface area contributed by atoms with Crippen molar-refractivity contribution in [3.8, 4) is 5.75 Å². The molecule has 0 N–H and O–H groups in total. The van der Waals surface area contributed by atoms with Gasteiger partial charge in [0.05, 0.1) is 17.2 Å². The van der Waals surface area contributed by atoms with Crippen molar-refractivity contribution in [1.82, 2.24) is 0 Å². The van der Waals surface area contributed by atoms with E-state index in [1.165, 1.54) is 22.6 Å². The molecule has 0 saturated heterocycles. The van der Waals surface area contributed by atoms with E-state index in [1.54, 1.807) is 12.1 Å². The van der Waals surface area contributed by atoms with Gasteiger partial charge in [0.15, 0.2) is 6.61 Å². The molecule has 0 unspecified atom stereocenters. The van der Waals surface area contributed by atoms with E-state index >= 15 is 0 Å². The first-order valence-electron chi connectivity index (χ1n) is 9.75. The van der Waals surface area contributed by atoms with Crippen LogP contribution in [0.2, 0.25) is 0 Å². The molecule has 0 aliphatic rings. The van der Waals surface area contributed by atoms with E-state index in [1.807, 2.05) is 54.6 Å². The van der Waals surface area contributed by atoms with Gasteiger partial charge in [-0.1, -0.05) is 62.4 Å². The molecule has 0 fully saturated rings. The van der Waals surface area contributed by atoms with Crippen LogP contribution in [0.3, 0.4) is 0 Å². The predicted octanol–water partition coefficient (Wildman–Crippen LogP) is 5.33. The Morgan fingerprint density at radius 1 is 1.00 bits per heavy atom. The highest BCUT2D eigenvalue weighted by Gasteiger charge is 2.19. The highest BCUT2D eigenvalue weighted by atomic mass is 16.6. The van der Waals surface area contributed by atoms with E-state index in [-0.39, 0.29) is 24.7 Å². The maximum Gasteiger partial charge on any atom is 0.271 e. The molecule has 0 heterocycles. The normalized spacial score (nSPS) is 10.6. The van der Waals surface area contributed by atoms with E-state index in [0.29, 0.717) is 17.4 Å². The maximum atomic E-state index is 13.0. The molecular formula is C24H24N2O4. The van der Waals surface area contributed by atoms with Gasteiger partial charge < -0.3 is 9.64 Å². The van der Waals surface area contributed by atoms with Crippen molar-refractivity contribution in [3.05, 3.63) is 100 Å². The summed E-state index contributed by atoms with van der Waals surface area (Å²) < 4.78 is 5.70. The molecular weight excluding hydrogens is 380 g/mol. The van der Waals surface area contributed by atoms with Crippen molar-refractivity contribution in [2.75, 3.05) is 11.5 Å². The summed E-state index contributed by atoms with van der Waals surface area (Å²) in [6, 6.07) is 23.2. The number of carbonyl (C=O) groups is 1. The highest BCUT2D eigenvalue weighted by molar-refractivity contribution is 5.94. The Labute approximate surface area is 175 Å². The number of rotatable bonds is 8. The molecule has 0 aliphatic carbocycles. The largest absolute Gasteiger partial charge is 0.484 e. The summed E-state index contributed by atoms with van der Waals surface area (Å²) >= 11 is 0. The molecule has 30 heavy (non-hydrogen) atoms. The van der Waals surface area contributed by atoms with E-state index in [2.05, 4.69) is 13.8 Å². The van der Waals surface area contributed by atoms with Gasteiger partial charge in [-0.3, -0.25) is 14.9 Å². The van der Waals surface area contributed by atoms with Crippen LogP contribution in [0.25, 0.3) is 0 Å². The van der Waals surface area contributed by atoms with Crippen LogP contribution in [0.1, 0.15) is 30.9 Å². The maximum absolute atomic E-state index is 13.0. The Kier molecular flexibility index (Phi) is 6.80. The van der Waals surface area contributed by atoms with Gasteiger partial charge in [-0.15, -0.1) is 0 Å². The van der Waals surface area contributed by atoms with Gasteiger partial charge in [0, 0.05) is 12.1 Å². The summed E-state index contributed by atoms with van der Waals surface area (Å²) in [5, 5.41) is 11.2. The monoisotopic (exact) mass is 404 g/mol. The van der Waals surface area contributed by atoms with Gasteiger partial charge in [-0.25, -0.2) is 0 Å². The lowest BCUT2D eigenvalue weighted by molar-refractivity contribution is -0.384. The summed E-state index contributed by atoms with van der Waals surface area (Å²) in [7, 11) is 0. The molecule has 0 aliphatic heterocycles. The number of carbonyl (C=O) groups excluding carboxylic acids is 1. The molecule has 1 amide bonds. The Morgan fingerprint density at radius 3 is 2.33 bits per heavy atom. The average molecular weight is 404 g/mol. The molecule has 0 radical (unpaired) electrons. The summed E-state index contributed by atoms with van der Waals surface area (Å²) in [5.41, 5.74) is 2.50. The molecule has 0 aromatic heterocycles. The van der Waals surface area contributed by atoms with Gasteiger partial charge in [0.25, 0.3) is 11.6 Å². The lowest BCUT2D eigenvalue weighted by Crippen LogP contribution is -2.34. The minimum absolute atomic E-state index is 0.0662. The fourth-order valence-electron chi connectivity index (χ4n) is 3.04. The number of nitro benzene ring substituents is 1.